The maximum atomic E-state index is 13.6. The van der Waals surface area contributed by atoms with Gasteiger partial charge in [-0.3, -0.25) is 9.78 Å². The van der Waals surface area contributed by atoms with Crippen LogP contribution in [0.2, 0.25) is 0 Å². The molecule has 5 heteroatoms. The number of hydrogen-bond donors (Lipinski definition) is 1. The van der Waals surface area contributed by atoms with Crippen LogP contribution in [0.3, 0.4) is 0 Å². The Balaban J connectivity index is 1.62. The van der Waals surface area contributed by atoms with E-state index in [1.165, 1.54) is 12.3 Å². The van der Waals surface area contributed by atoms with Gasteiger partial charge in [0.2, 0.25) is 0 Å². The molecule has 124 valence electrons. The van der Waals surface area contributed by atoms with Gasteiger partial charge in [0, 0.05) is 22.6 Å². The summed E-state index contributed by atoms with van der Waals surface area (Å²) >= 11 is 0. The second-order valence-electron chi connectivity index (χ2n) is 6.11. The van der Waals surface area contributed by atoms with Crippen molar-refractivity contribution in [3.05, 3.63) is 77.2 Å². The van der Waals surface area contributed by atoms with Crippen LogP contribution in [0.5, 0.6) is 0 Å². The number of carbonyl (C=O) groups excluding carboxylic acids is 1. The number of rotatable bonds is 4. The minimum Gasteiger partial charge on any atom is -0.267 e. The Kier molecular flexibility index (Phi) is 3.98. The molecule has 0 atom stereocenters. The van der Waals surface area contributed by atoms with E-state index in [-0.39, 0.29) is 11.7 Å². The first-order chi connectivity index (χ1) is 12.2. The number of pyridine rings is 1. The van der Waals surface area contributed by atoms with Crippen LogP contribution >= 0.6 is 0 Å². The molecule has 1 fully saturated rings. The fraction of sp³-hybridized carbons (Fsp3) is 0.150. The van der Waals surface area contributed by atoms with Gasteiger partial charge in [-0.25, -0.2) is 9.82 Å². The quantitative estimate of drug-likeness (QED) is 0.579. The number of para-hydroxylation sites is 1. The molecule has 1 aliphatic rings. The van der Waals surface area contributed by atoms with Gasteiger partial charge in [-0.2, -0.15) is 5.10 Å². The number of nitrogens with zero attached hydrogens (tertiary/aromatic N) is 2. The molecule has 0 aliphatic heterocycles. The molecule has 1 aliphatic carbocycles. The van der Waals surface area contributed by atoms with E-state index in [0.29, 0.717) is 17.0 Å². The molecule has 25 heavy (non-hydrogen) atoms. The van der Waals surface area contributed by atoms with Gasteiger partial charge in [0.1, 0.15) is 5.82 Å². The summed E-state index contributed by atoms with van der Waals surface area (Å²) in [5, 5.41) is 4.67. The molecule has 0 unspecified atom stereocenters. The first-order valence-corrected chi connectivity index (χ1v) is 8.20. The monoisotopic (exact) mass is 333 g/mol. The van der Waals surface area contributed by atoms with Crippen molar-refractivity contribution in [3.8, 4) is 0 Å². The second-order valence-corrected chi connectivity index (χ2v) is 6.11. The molecule has 0 spiro atoms. The molecule has 0 saturated heterocycles. The Morgan fingerprint density at radius 1 is 1.16 bits per heavy atom. The number of carbonyl (C=O) groups is 1. The lowest BCUT2D eigenvalue weighted by Crippen LogP contribution is -2.18. The van der Waals surface area contributed by atoms with E-state index in [2.05, 4.69) is 15.5 Å². The molecule has 4 nitrogen and oxygen atoms in total. The number of hydrazone groups is 1. The second kappa shape index (κ2) is 6.43. The molecule has 2 aromatic carbocycles. The lowest BCUT2D eigenvalue weighted by molar-refractivity contribution is 0.0956. The summed E-state index contributed by atoms with van der Waals surface area (Å²) in [5.41, 5.74) is 5.10. The van der Waals surface area contributed by atoms with E-state index in [0.717, 1.165) is 29.4 Å². The fourth-order valence-corrected chi connectivity index (χ4v) is 2.77. The van der Waals surface area contributed by atoms with Crippen LogP contribution < -0.4 is 5.43 Å². The van der Waals surface area contributed by atoms with Crippen molar-refractivity contribution in [2.45, 2.75) is 18.8 Å². The zero-order chi connectivity index (χ0) is 17.2. The molecule has 0 bridgehead atoms. The van der Waals surface area contributed by atoms with Crippen LogP contribution in [0.4, 0.5) is 4.39 Å². The Morgan fingerprint density at radius 2 is 1.92 bits per heavy atom. The normalized spacial score (nSPS) is 14.1. The summed E-state index contributed by atoms with van der Waals surface area (Å²) in [4.78, 5) is 17.2. The molecule has 1 amide bonds. The van der Waals surface area contributed by atoms with Gasteiger partial charge in [0.05, 0.1) is 17.3 Å². The average Bonchev–Trinajstić information content (AvgIpc) is 3.47. The Labute approximate surface area is 144 Å². The molecular formula is C20H16FN3O. The highest BCUT2D eigenvalue weighted by atomic mass is 19.1. The van der Waals surface area contributed by atoms with Gasteiger partial charge in [0.15, 0.2) is 0 Å². The van der Waals surface area contributed by atoms with E-state index in [9.17, 15) is 9.18 Å². The minimum atomic E-state index is -0.383. The van der Waals surface area contributed by atoms with Gasteiger partial charge >= 0.3 is 0 Å². The fourth-order valence-electron chi connectivity index (χ4n) is 2.77. The summed E-state index contributed by atoms with van der Waals surface area (Å²) in [6, 6.07) is 15.7. The summed E-state index contributed by atoms with van der Waals surface area (Å²) in [6.45, 7) is 0. The SMILES string of the molecule is O=C(N/N=C\c1ccccc1F)c1cc(C2CC2)nc2ccccc12. The zero-order valence-corrected chi connectivity index (χ0v) is 13.4. The zero-order valence-electron chi connectivity index (χ0n) is 13.4. The topological polar surface area (TPSA) is 54.4 Å². The first-order valence-electron chi connectivity index (χ1n) is 8.20. The molecule has 0 radical (unpaired) electrons. The first kappa shape index (κ1) is 15.4. The summed E-state index contributed by atoms with van der Waals surface area (Å²) < 4.78 is 13.6. The Morgan fingerprint density at radius 3 is 2.72 bits per heavy atom. The van der Waals surface area contributed by atoms with Crippen molar-refractivity contribution in [3.63, 3.8) is 0 Å². The molecule has 3 aromatic rings. The number of hydrogen-bond acceptors (Lipinski definition) is 3. The smallest absolute Gasteiger partial charge is 0.267 e. The molecular weight excluding hydrogens is 317 g/mol. The molecule has 1 saturated carbocycles. The number of nitrogens with one attached hydrogen (secondary N) is 1. The highest BCUT2D eigenvalue weighted by Gasteiger charge is 2.26. The highest BCUT2D eigenvalue weighted by Crippen LogP contribution is 2.40. The molecule has 4 rings (SSSR count). The standard InChI is InChI=1S/C20H16FN3O/c21-17-7-3-1-5-14(17)12-22-24-20(25)16-11-19(13-9-10-13)23-18-8-4-2-6-15(16)18/h1-8,11-13H,9-10H2,(H,24,25)/b22-12-. The third-order valence-electron chi connectivity index (χ3n) is 4.25. The maximum Gasteiger partial charge on any atom is 0.272 e. The summed E-state index contributed by atoms with van der Waals surface area (Å²) in [6.07, 6.45) is 3.52. The van der Waals surface area contributed by atoms with Crippen molar-refractivity contribution in [2.75, 3.05) is 0 Å². The summed E-state index contributed by atoms with van der Waals surface area (Å²) in [5.74, 6) is -0.267. The van der Waals surface area contributed by atoms with E-state index >= 15 is 0 Å². The Hall–Kier alpha value is -3.08. The lowest BCUT2D eigenvalue weighted by Gasteiger charge is -2.08. The molecule has 1 heterocycles. The maximum absolute atomic E-state index is 13.6. The Bertz CT molecular complexity index is 980. The van der Waals surface area contributed by atoms with Crippen LogP contribution in [0, 0.1) is 5.82 Å². The molecule has 1 N–H and O–H groups in total. The number of fused-ring (bicyclic) bond motifs is 1. The van der Waals surface area contributed by atoms with Gasteiger partial charge in [-0.05, 0) is 31.0 Å². The van der Waals surface area contributed by atoms with Crippen LogP contribution in [0.1, 0.15) is 40.4 Å². The van der Waals surface area contributed by atoms with Crippen LogP contribution in [-0.2, 0) is 0 Å². The van der Waals surface area contributed by atoms with E-state index in [1.807, 2.05) is 30.3 Å². The molecule has 1 aromatic heterocycles. The lowest BCUT2D eigenvalue weighted by atomic mass is 10.1. The van der Waals surface area contributed by atoms with Crippen LogP contribution in [0.15, 0.2) is 59.7 Å². The number of halogens is 1. The van der Waals surface area contributed by atoms with E-state index in [4.69, 9.17) is 0 Å². The predicted molar refractivity (Wildman–Crippen MR) is 95.2 cm³/mol. The largest absolute Gasteiger partial charge is 0.272 e. The van der Waals surface area contributed by atoms with Crippen molar-refractivity contribution in [2.24, 2.45) is 5.10 Å². The van der Waals surface area contributed by atoms with Crippen molar-refractivity contribution < 1.29 is 9.18 Å². The van der Waals surface area contributed by atoms with E-state index in [1.54, 1.807) is 18.2 Å². The predicted octanol–water partition coefficient (Wildman–Crippen LogP) is 4.02. The third-order valence-corrected chi connectivity index (χ3v) is 4.25. The van der Waals surface area contributed by atoms with Gasteiger partial charge in [-0.15, -0.1) is 0 Å². The van der Waals surface area contributed by atoms with Crippen LogP contribution in [-0.4, -0.2) is 17.1 Å². The van der Waals surface area contributed by atoms with Crippen LogP contribution in [0.25, 0.3) is 10.9 Å². The highest BCUT2D eigenvalue weighted by molar-refractivity contribution is 6.06. The number of aromatic nitrogens is 1. The van der Waals surface area contributed by atoms with Crippen molar-refractivity contribution >= 4 is 23.0 Å². The van der Waals surface area contributed by atoms with E-state index < -0.39 is 0 Å². The average molecular weight is 333 g/mol. The number of amides is 1. The summed E-state index contributed by atoms with van der Waals surface area (Å²) in [7, 11) is 0. The minimum absolute atomic E-state index is 0.320. The van der Waals surface area contributed by atoms with Gasteiger partial charge in [-0.1, -0.05) is 36.4 Å². The van der Waals surface area contributed by atoms with Gasteiger partial charge < -0.3 is 0 Å². The van der Waals surface area contributed by atoms with Crippen molar-refractivity contribution in [1.29, 1.82) is 0 Å². The third kappa shape index (κ3) is 3.26. The number of benzene rings is 2. The van der Waals surface area contributed by atoms with Gasteiger partial charge in [0.25, 0.3) is 5.91 Å². The van der Waals surface area contributed by atoms with Crippen molar-refractivity contribution in [1.82, 2.24) is 10.4 Å².